The number of anilines is 1. The molecular formula is C15H12N2O3. The highest BCUT2D eigenvalue weighted by Gasteiger charge is 2.11. The number of amides is 1. The molecule has 1 heterocycles. The van der Waals surface area contributed by atoms with Crippen LogP contribution in [0.2, 0.25) is 0 Å². The normalized spacial score (nSPS) is 10.4. The molecule has 0 fully saturated rings. The highest BCUT2D eigenvalue weighted by atomic mass is 16.4. The van der Waals surface area contributed by atoms with E-state index in [1.807, 2.05) is 36.4 Å². The van der Waals surface area contributed by atoms with Gasteiger partial charge in [-0.2, -0.15) is 0 Å². The number of pyridine rings is 1. The Morgan fingerprint density at radius 2 is 1.75 bits per heavy atom. The number of hydrogen-bond donors (Lipinski definition) is 2. The van der Waals surface area contributed by atoms with Crippen LogP contribution in [0.25, 0.3) is 12.2 Å². The maximum absolute atomic E-state index is 11.0. The van der Waals surface area contributed by atoms with Crippen LogP contribution in [0.3, 0.4) is 0 Å². The van der Waals surface area contributed by atoms with Gasteiger partial charge in [0.25, 0.3) is 0 Å². The summed E-state index contributed by atoms with van der Waals surface area (Å²) in [6.07, 6.45) is 3.66. The summed E-state index contributed by atoms with van der Waals surface area (Å²) in [5.41, 5.74) is 1.64. The number of nitrogens with one attached hydrogen (secondary N) is 1. The zero-order chi connectivity index (χ0) is 14.4. The molecule has 100 valence electrons. The van der Waals surface area contributed by atoms with E-state index in [1.54, 1.807) is 18.2 Å². The molecule has 0 spiro atoms. The van der Waals surface area contributed by atoms with Crippen molar-refractivity contribution in [2.75, 3.05) is 5.32 Å². The van der Waals surface area contributed by atoms with E-state index < -0.39 is 11.9 Å². The van der Waals surface area contributed by atoms with Crippen LogP contribution in [0.4, 0.5) is 5.82 Å². The van der Waals surface area contributed by atoms with Crippen molar-refractivity contribution in [2.45, 2.75) is 0 Å². The fraction of sp³-hybridized carbons (Fsp3) is 0. The van der Waals surface area contributed by atoms with Crippen LogP contribution in [0.1, 0.15) is 11.3 Å². The number of carboxylic acid groups (broad SMARTS) is 1. The SMILES string of the molecule is O=C(O)C(=O)Nc1cccc(/C=C/c2ccccc2)n1. The smallest absolute Gasteiger partial charge is 0.394 e. The number of carbonyl (C=O) groups is 2. The number of aromatic nitrogens is 1. The van der Waals surface area contributed by atoms with Crippen molar-refractivity contribution < 1.29 is 14.7 Å². The number of rotatable bonds is 3. The van der Waals surface area contributed by atoms with Gasteiger partial charge in [-0.25, -0.2) is 9.78 Å². The number of carboxylic acids is 1. The van der Waals surface area contributed by atoms with Gasteiger partial charge >= 0.3 is 11.9 Å². The molecule has 0 unspecified atom stereocenters. The molecule has 0 aliphatic heterocycles. The van der Waals surface area contributed by atoms with E-state index >= 15 is 0 Å². The predicted molar refractivity (Wildman–Crippen MR) is 75.9 cm³/mol. The first-order valence-electron chi connectivity index (χ1n) is 5.89. The maximum atomic E-state index is 11.0. The van der Waals surface area contributed by atoms with Crippen LogP contribution in [0.15, 0.2) is 48.5 Å². The van der Waals surface area contributed by atoms with Crippen molar-refractivity contribution in [1.82, 2.24) is 4.98 Å². The van der Waals surface area contributed by atoms with Crippen molar-refractivity contribution in [2.24, 2.45) is 0 Å². The van der Waals surface area contributed by atoms with Crippen LogP contribution in [-0.4, -0.2) is 22.0 Å². The predicted octanol–water partition coefficient (Wildman–Crippen LogP) is 2.28. The molecule has 2 aromatic rings. The molecule has 5 nitrogen and oxygen atoms in total. The summed E-state index contributed by atoms with van der Waals surface area (Å²) >= 11 is 0. The minimum absolute atomic E-state index is 0.201. The third kappa shape index (κ3) is 3.78. The average molecular weight is 268 g/mol. The van der Waals surface area contributed by atoms with Gasteiger partial charge in [0.05, 0.1) is 5.69 Å². The minimum Gasteiger partial charge on any atom is -0.474 e. The molecular weight excluding hydrogens is 256 g/mol. The molecule has 1 aromatic carbocycles. The van der Waals surface area contributed by atoms with Gasteiger partial charge in [-0.3, -0.25) is 4.79 Å². The Hall–Kier alpha value is -2.95. The fourth-order valence-electron chi connectivity index (χ4n) is 1.53. The molecule has 20 heavy (non-hydrogen) atoms. The molecule has 2 rings (SSSR count). The zero-order valence-electron chi connectivity index (χ0n) is 10.5. The molecule has 2 N–H and O–H groups in total. The van der Waals surface area contributed by atoms with Crippen molar-refractivity contribution >= 4 is 29.8 Å². The van der Waals surface area contributed by atoms with Gasteiger partial charge in [-0.15, -0.1) is 0 Å². The van der Waals surface area contributed by atoms with E-state index in [4.69, 9.17) is 5.11 Å². The summed E-state index contributed by atoms with van der Waals surface area (Å²) in [5.74, 6) is -2.45. The largest absolute Gasteiger partial charge is 0.474 e. The molecule has 0 aliphatic carbocycles. The molecule has 0 atom stereocenters. The highest BCUT2D eigenvalue weighted by Crippen LogP contribution is 2.09. The Bertz CT molecular complexity index is 651. The zero-order valence-corrected chi connectivity index (χ0v) is 10.5. The number of nitrogens with zero attached hydrogens (tertiary/aromatic N) is 1. The van der Waals surface area contributed by atoms with E-state index in [0.29, 0.717) is 5.69 Å². The van der Waals surface area contributed by atoms with Gasteiger partial charge in [0.1, 0.15) is 5.82 Å². The van der Waals surface area contributed by atoms with Gasteiger partial charge < -0.3 is 10.4 Å². The monoisotopic (exact) mass is 268 g/mol. The van der Waals surface area contributed by atoms with E-state index in [0.717, 1.165) is 5.56 Å². The number of aliphatic carboxylic acids is 1. The molecule has 0 saturated carbocycles. The average Bonchev–Trinajstić information content (AvgIpc) is 2.46. The molecule has 0 radical (unpaired) electrons. The lowest BCUT2D eigenvalue weighted by atomic mass is 10.2. The number of hydrogen-bond acceptors (Lipinski definition) is 3. The lowest BCUT2D eigenvalue weighted by Crippen LogP contribution is -2.22. The summed E-state index contributed by atoms with van der Waals surface area (Å²) in [6.45, 7) is 0. The standard InChI is InChI=1S/C15H12N2O3/c18-14(15(19)20)17-13-8-4-7-12(16-13)10-9-11-5-2-1-3-6-11/h1-10H,(H,19,20)(H,16,17,18)/b10-9+. The van der Waals surface area contributed by atoms with Gasteiger partial charge in [-0.05, 0) is 23.8 Å². The summed E-state index contributed by atoms with van der Waals surface area (Å²) < 4.78 is 0. The van der Waals surface area contributed by atoms with Gasteiger partial charge in [0, 0.05) is 0 Å². The Morgan fingerprint density at radius 3 is 2.45 bits per heavy atom. The molecule has 5 heteroatoms. The van der Waals surface area contributed by atoms with E-state index in [2.05, 4.69) is 10.3 Å². The molecule has 1 aromatic heterocycles. The van der Waals surface area contributed by atoms with Crippen molar-refractivity contribution in [1.29, 1.82) is 0 Å². The molecule has 0 aliphatic rings. The van der Waals surface area contributed by atoms with Gasteiger partial charge in [0.2, 0.25) is 0 Å². The fourth-order valence-corrected chi connectivity index (χ4v) is 1.53. The maximum Gasteiger partial charge on any atom is 0.394 e. The first kappa shape index (κ1) is 13.5. The van der Waals surface area contributed by atoms with Crippen LogP contribution in [-0.2, 0) is 9.59 Å². The molecule has 0 saturated heterocycles. The second kappa shape index (κ2) is 6.29. The molecule has 0 bridgehead atoms. The lowest BCUT2D eigenvalue weighted by Gasteiger charge is -2.01. The lowest BCUT2D eigenvalue weighted by molar-refractivity contribution is -0.147. The van der Waals surface area contributed by atoms with E-state index in [-0.39, 0.29) is 5.82 Å². The van der Waals surface area contributed by atoms with Crippen molar-refractivity contribution in [3.63, 3.8) is 0 Å². The van der Waals surface area contributed by atoms with Crippen molar-refractivity contribution in [3.8, 4) is 0 Å². The third-order valence-corrected chi connectivity index (χ3v) is 2.45. The second-order valence-corrected chi connectivity index (χ2v) is 3.95. The van der Waals surface area contributed by atoms with Crippen LogP contribution < -0.4 is 5.32 Å². The van der Waals surface area contributed by atoms with E-state index in [9.17, 15) is 9.59 Å². The minimum atomic E-state index is -1.54. The first-order valence-corrected chi connectivity index (χ1v) is 5.89. The van der Waals surface area contributed by atoms with E-state index in [1.165, 1.54) is 6.07 Å². The van der Waals surface area contributed by atoms with Crippen LogP contribution >= 0.6 is 0 Å². The van der Waals surface area contributed by atoms with Gasteiger partial charge in [-0.1, -0.05) is 42.5 Å². The Labute approximate surface area is 115 Å². The first-order chi connectivity index (χ1) is 9.65. The topological polar surface area (TPSA) is 79.3 Å². The van der Waals surface area contributed by atoms with Crippen LogP contribution in [0.5, 0.6) is 0 Å². The van der Waals surface area contributed by atoms with Crippen LogP contribution in [0, 0.1) is 0 Å². The van der Waals surface area contributed by atoms with Crippen molar-refractivity contribution in [3.05, 3.63) is 59.8 Å². The number of benzene rings is 1. The summed E-state index contributed by atoms with van der Waals surface area (Å²) in [5, 5.41) is 10.7. The Morgan fingerprint density at radius 1 is 1.00 bits per heavy atom. The summed E-state index contributed by atoms with van der Waals surface area (Å²) in [4.78, 5) is 25.6. The summed E-state index contributed by atoms with van der Waals surface area (Å²) in [7, 11) is 0. The van der Waals surface area contributed by atoms with Gasteiger partial charge in [0.15, 0.2) is 0 Å². The third-order valence-electron chi connectivity index (χ3n) is 2.45. The summed E-state index contributed by atoms with van der Waals surface area (Å²) in [6, 6.07) is 14.7. The quantitative estimate of drug-likeness (QED) is 0.837. The molecule has 1 amide bonds. The second-order valence-electron chi connectivity index (χ2n) is 3.95. The highest BCUT2D eigenvalue weighted by molar-refractivity contribution is 6.36. The Balaban J connectivity index is 2.12. The Kier molecular flexibility index (Phi) is 4.24. The number of carbonyl (C=O) groups excluding carboxylic acids is 1.